The Morgan fingerprint density at radius 3 is 2.33 bits per heavy atom. The molecular formula is C13H15ClF3IN2O. The van der Waals surface area contributed by atoms with Crippen LogP contribution in [0.25, 0.3) is 0 Å². The minimum Gasteiger partial charge on any atom is -0.339 e. The third kappa shape index (κ3) is 4.72. The van der Waals surface area contributed by atoms with E-state index in [1.165, 1.54) is 6.07 Å². The predicted molar refractivity (Wildman–Crippen MR) is 84.5 cm³/mol. The molecule has 0 radical (unpaired) electrons. The van der Waals surface area contributed by atoms with E-state index in [2.05, 4.69) is 0 Å². The molecule has 21 heavy (non-hydrogen) atoms. The molecule has 1 aliphatic rings. The van der Waals surface area contributed by atoms with Gasteiger partial charge in [-0.3, -0.25) is 4.79 Å². The zero-order valence-corrected chi connectivity index (χ0v) is 14.0. The Hall–Kier alpha value is -0.540. The second-order valence-electron chi connectivity index (χ2n) is 4.86. The molecule has 0 unspecified atom stereocenters. The van der Waals surface area contributed by atoms with Crippen molar-refractivity contribution in [1.82, 2.24) is 4.90 Å². The van der Waals surface area contributed by atoms with Crippen LogP contribution >= 0.6 is 35.0 Å². The average molecular weight is 435 g/mol. The van der Waals surface area contributed by atoms with Crippen LogP contribution < -0.4 is 5.73 Å². The van der Waals surface area contributed by atoms with Gasteiger partial charge in [0, 0.05) is 28.3 Å². The fourth-order valence-corrected chi connectivity index (χ4v) is 2.83. The molecule has 1 heterocycles. The Labute approximate surface area is 140 Å². The number of hydrogen-bond donors (Lipinski definition) is 1. The van der Waals surface area contributed by atoms with Crippen LogP contribution in [-0.2, 0) is 6.18 Å². The third-order valence-electron chi connectivity index (χ3n) is 3.30. The van der Waals surface area contributed by atoms with Gasteiger partial charge in [0.15, 0.2) is 0 Å². The number of rotatable bonds is 1. The Morgan fingerprint density at radius 1 is 1.24 bits per heavy atom. The number of carbonyl (C=O) groups is 1. The van der Waals surface area contributed by atoms with Gasteiger partial charge in [0.25, 0.3) is 5.91 Å². The summed E-state index contributed by atoms with van der Waals surface area (Å²) in [5.41, 5.74) is 5.05. The molecule has 1 aromatic carbocycles. The Morgan fingerprint density at radius 2 is 1.81 bits per heavy atom. The van der Waals surface area contributed by atoms with E-state index in [0.29, 0.717) is 29.5 Å². The molecule has 3 nitrogen and oxygen atoms in total. The molecule has 0 aliphatic carbocycles. The maximum atomic E-state index is 12.8. The van der Waals surface area contributed by atoms with Crippen molar-refractivity contribution in [2.45, 2.75) is 25.1 Å². The van der Waals surface area contributed by atoms with Crippen molar-refractivity contribution in [3.63, 3.8) is 0 Å². The largest absolute Gasteiger partial charge is 0.416 e. The summed E-state index contributed by atoms with van der Waals surface area (Å²) in [7, 11) is 0. The summed E-state index contributed by atoms with van der Waals surface area (Å²) >= 11 is 1.79. The number of nitrogens with two attached hydrogens (primary N) is 1. The maximum Gasteiger partial charge on any atom is 0.416 e. The van der Waals surface area contributed by atoms with Gasteiger partial charge >= 0.3 is 6.18 Å². The molecule has 0 aromatic heterocycles. The first-order valence-corrected chi connectivity index (χ1v) is 7.28. The Kier molecular flexibility index (Phi) is 6.30. The number of benzene rings is 1. The highest BCUT2D eigenvalue weighted by molar-refractivity contribution is 14.1. The van der Waals surface area contributed by atoms with E-state index < -0.39 is 11.7 Å². The molecule has 8 heteroatoms. The van der Waals surface area contributed by atoms with Gasteiger partial charge in [-0.1, -0.05) is 0 Å². The fraction of sp³-hybridized carbons (Fsp3) is 0.462. The highest BCUT2D eigenvalue weighted by Gasteiger charge is 2.32. The van der Waals surface area contributed by atoms with Crippen molar-refractivity contribution in [2.75, 3.05) is 13.1 Å². The van der Waals surface area contributed by atoms with E-state index in [9.17, 15) is 18.0 Å². The van der Waals surface area contributed by atoms with E-state index in [1.807, 2.05) is 0 Å². The number of amides is 1. The molecule has 1 amide bonds. The summed E-state index contributed by atoms with van der Waals surface area (Å²) in [6, 6.07) is 3.50. The van der Waals surface area contributed by atoms with Gasteiger partial charge in [0.2, 0.25) is 0 Å². The molecule has 0 bridgehead atoms. The van der Waals surface area contributed by atoms with Crippen molar-refractivity contribution < 1.29 is 18.0 Å². The minimum absolute atomic E-state index is 0. The third-order valence-corrected chi connectivity index (χ3v) is 3.92. The zero-order chi connectivity index (χ0) is 14.9. The van der Waals surface area contributed by atoms with Gasteiger partial charge in [-0.25, -0.2) is 0 Å². The lowest BCUT2D eigenvalue weighted by Crippen LogP contribution is -2.42. The van der Waals surface area contributed by atoms with E-state index >= 15 is 0 Å². The first kappa shape index (κ1) is 18.5. The minimum atomic E-state index is -4.44. The first-order valence-electron chi connectivity index (χ1n) is 6.20. The second kappa shape index (κ2) is 7.15. The van der Waals surface area contributed by atoms with Crippen LogP contribution in [0, 0.1) is 3.57 Å². The highest BCUT2D eigenvalue weighted by Crippen LogP contribution is 2.31. The summed E-state index contributed by atoms with van der Waals surface area (Å²) in [5.74, 6) is -0.360. The molecule has 118 valence electrons. The number of hydrogen-bond acceptors (Lipinski definition) is 2. The van der Waals surface area contributed by atoms with E-state index in [4.69, 9.17) is 5.73 Å². The smallest absolute Gasteiger partial charge is 0.339 e. The maximum absolute atomic E-state index is 12.8. The SMILES string of the molecule is Cl.NC1CCN(C(=O)c2cc(I)cc(C(F)(F)F)c2)CC1. The van der Waals surface area contributed by atoms with Gasteiger partial charge in [0.1, 0.15) is 0 Å². The van der Waals surface area contributed by atoms with Gasteiger partial charge in [-0.2, -0.15) is 13.2 Å². The van der Waals surface area contributed by atoms with Crippen LogP contribution in [0.4, 0.5) is 13.2 Å². The van der Waals surface area contributed by atoms with E-state index in [1.54, 1.807) is 27.5 Å². The highest BCUT2D eigenvalue weighted by atomic mass is 127. The summed E-state index contributed by atoms with van der Waals surface area (Å²) < 4.78 is 38.7. The van der Waals surface area contributed by atoms with Crippen molar-refractivity contribution in [1.29, 1.82) is 0 Å². The topological polar surface area (TPSA) is 46.3 Å². The molecule has 1 aromatic rings. The number of alkyl halides is 3. The van der Waals surface area contributed by atoms with Gasteiger partial charge < -0.3 is 10.6 Å². The van der Waals surface area contributed by atoms with Crippen LogP contribution in [0.5, 0.6) is 0 Å². The molecule has 0 saturated carbocycles. The molecule has 0 spiro atoms. The normalized spacial score (nSPS) is 16.5. The molecule has 0 atom stereocenters. The standard InChI is InChI=1S/C13H14F3IN2O.ClH/c14-13(15,16)9-5-8(6-10(17)7-9)12(20)19-3-1-11(18)2-4-19;/h5-7,11H,1-4,18H2;1H. The van der Waals surface area contributed by atoms with Crippen LogP contribution in [0.1, 0.15) is 28.8 Å². The van der Waals surface area contributed by atoms with Crippen molar-refractivity contribution >= 4 is 40.9 Å². The molecule has 1 fully saturated rings. The number of likely N-dealkylation sites (tertiary alicyclic amines) is 1. The van der Waals surface area contributed by atoms with Crippen molar-refractivity contribution in [3.8, 4) is 0 Å². The van der Waals surface area contributed by atoms with Crippen LogP contribution in [0.3, 0.4) is 0 Å². The molecule has 2 N–H and O–H groups in total. The van der Waals surface area contributed by atoms with Crippen LogP contribution in [0.2, 0.25) is 0 Å². The van der Waals surface area contributed by atoms with Crippen LogP contribution in [-0.4, -0.2) is 29.9 Å². The second-order valence-corrected chi connectivity index (χ2v) is 6.10. The first-order chi connectivity index (χ1) is 9.27. The molecular weight excluding hydrogens is 420 g/mol. The Bertz CT molecular complexity index is 517. The monoisotopic (exact) mass is 434 g/mol. The lowest BCUT2D eigenvalue weighted by Gasteiger charge is -2.30. The van der Waals surface area contributed by atoms with Crippen LogP contribution in [0.15, 0.2) is 18.2 Å². The van der Waals surface area contributed by atoms with E-state index in [0.717, 1.165) is 12.1 Å². The lowest BCUT2D eigenvalue weighted by molar-refractivity contribution is -0.137. The van der Waals surface area contributed by atoms with Gasteiger partial charge in [-0.15, -0.1) is 12.4 Å². The summed E-state index contributed by atoms with van der Waals surface area (Å²) in [4.78, 5) is 13.8. The average Bonchev–Trinajstić information content (AvgIpc) is 2.37. The fourth-order valence-electron chi connectivity index (χ4n) is 2.16. The van der Waals surface area contributed by atoms with E-state index in [-0.39, 0.29) is 29.9 Å². The predicted octanol–water partition coefficient (Wildman–Crippen LogP) is 3.30. The van der Waals surface area contributed by atoms with Crippen molar-refractivity contribution in [3.05, 3.63) is 32.9 Å². The lowest BCUT2D eigenvalue weighted by atomic mass is 10.0. The molecule has 1 saturated heterocycles. The number of halogens is 5. The zero-order valence-electron chi connectivity index (χ0n) is 11.0. The van der Waals surface area contributed by atoms with Gasteiger partial charge in [-0.05, 0) is 53.6 Å². The molecule has 1 aliphatic heterocycles. The number of piperidine rings is 1. The number of nitrogens with zero attached hydrogens (tertiary/aromatic N) is 1. The van der Waals surface area contributed by atoms with Gasteiger partial charge in [0.05, 0.1) is 5.56 Å². The summed E-state index contributed by atoms with van der Waals surface area (Å²) in [6.07, 6.45) is -3.08. The molecule has 2 rings (SSSR count). The van der Waals surface area contributed by atoms with Crippen molar-refractivity contribution in [2.24, 2.45) is 5.73 Å². The number of carbonyl (C=O) groups excluding carboxylic acids is 1. The summed E-state index contributed by atoms with van der Waals surface area (Å²) in [6.45, 7) is 0.986. The Balaban J connectivity index is 0.00000220. The quantitative estimate of drug-likeness (QED) is 0.690. The summed E-state index contributed by atoms with van der Waals surface area (Å²) in [5, 5.41) is 0.